The van der Waals surface area contributed by atoms with E-state index in [1.165, 1.54) is 16.9 Å². The average molecular weight is 418 g/mol. The lowest BCUT2D eigenvalue weighted by atomic mass is 10.2. The summed E-state index contributed by atoms with van der Waals surface area (Å²) in [6.07, 6.45) is 1.99. The maximum Gasteiger partial charge on any atom is 0.226 e. The van der Waals surface area contributed by atoms with Gasteiger partial charge in [-0.05, 0) is 31.5 Å². The normalized spacial score (nSPS) is 10.9. The lowest BCUT2D eigenvalue weighted by Crippen LogP contribution is -2.25. The van der Waals surface area contributed by atoms with E-state index in [9.17, 15) is 4.79 Å². The highest BCUT2D eigenvalue weighted by Gasteiger charge is 2.14. The first-order chi connectivity index (χ1) is 14.6. The molecule has 3 heterocycles. The van der Waals surface area contributed by atoms with Crippen LogP contribution in [0.15, 0.2) is 60.1 Å². The molecule has 3 aromatic heterocycles. The number of thiazole rings is 1. The smallest absolute Gasteiger partial charge is 0.226 e. The molecule has 0 radical (unpaired) electrons. The van der Waals surface area contributed by atoms with E-state index >= 15 is 0 Å². The number of carbonyl (C=O) groups is 1. The summed E-state index contributed by atoms with van der Waals surface area (Å²) in [6.45, 7) is 5.21. The van der Waals surface area contributed by atoms with Gasteiger partial charge in [0.05, 0.1) is 30.0 Å². The molecule has 1 aromatic carbocycles. The second-order valence-electron chi connectivity index (χ2n) is 7.11. The molecule has 1 amide bonds. The predicted octanol–water partition coefficient (Wildman–Crippen LogP) is 3.93. The third kappa shape index (κ3) is 4.63. The van der Waals surface area contributed by atoms with Gasteiger partial charge in [-0.15, -0.1) is 11.3 Å². The van der Waals surface area contributed by atoms with Crippen molar-refractivity contribution in [3.8, 4) is 10.7 Å². The molecule has 0 atom stereocenters. The summed E-state index contributed by atoms with van der Waals surface area (Å²) >= 11 is 1.50. The molecule has 152 valence electrons. The highest BCUT2D eigenvalue weighted by Crippen LogP contribution is 2.21. The Bertz CT molecular complexity index is 1140. The van der Waals surface area contributed by atoms with Crippen LogP contribution in [0.5, 0.6) is 0 Å². The first-order valence-corrected chi connectivity index (χ1v) is 10.7. The maximum atomic E-state index is 12.5. The Hall–Kier alpha value is -3.32. The van der Waals surface area contributed by atoms with Gasteiger partial charge in [0.25, 0.3) is 0 Å². The lowest BCUT2D eigenvalue weighted by molar-refractivity contribution is -0.120. The van der Waals surface area contributed by atoms with Crippen molar-refractivity contribution in [1.29, 1.82) is 0 Å². The third-order valence-corrected chi connectivity index (χ3v) is 5.86. The fraction of sp³-hybridized carbons (Fsp3) is 0.217. The van der Waals surface area contributed by atoms with E-state index in [2.05, 4.69) is 32.5 Å². The molecule has 6 nitrogen and oxygen atoms in total. The fourth-order valence-corrected chi connectivity index (χ4v) is 4.10. The van der Waals surface area contributed by atoms with Gasteiger partial charge in [0.1, 0.15) is 5.01 Å². The lowest BCUT2D eigenvalue weighted by Gasteiger charge is -2.07. The standard InChI is InChI=1S/C23H23N5OS/c1-16-20(17(2)28(27-16)14-18-8-4-3-5-9-18)13-25-22(29)12-19-15-30-23(26-19)21-10-6-7-11-24-21/h3-11,15H,12-14H2,1-2H3,(H,25,29). The molecule has 0 unspecified atom stereocenters. The van der Waals surface area contributed by atoms with Gasteiger partial charge in [-0.1, -0.05) is 36.4 Å². The summed E-state index contributed by atoms with van der Waals surface area (Å²) in [7, 11) is 0. The Labute approximate surface area is 179 Å². The van der Waals surface area contributed by atoms with Crippen molar-refractivity contribution in [2.75, 3.05) is 0 Å². The zero-order chi connectivity index (χ0) is 20.9. The van der Waals surface area contributed by atoms with Gasteiger partial charge in [0, 0.05) is 29.4 Å². The minimum absolute atomic E-state index is 0.0533. The molecule has 4 rings (SSSR count). The second kappa shape index (κ2) is 9.00. The van der Waals surface area contributed by atoms with Gasteiger partial charge in [0.2, 0.25) is 5.91 Å². The molecule has 0 aliphatic heterocycles. The van der Waals surface area contributed by atoms with Gasteiger partial charge in [0.15, 0.2) is 0 Å². The van der Waals surface area contributed by atoms with Crippen LogP contribution >= 0.6 is 11.3 Å². The first kappa shape index (κ1) is 20.0. The quantitative estimate of drug-likeness (QED) is 0.495. The first-order valence-electron chi connectivity index (χ1n) is 9.79. The number of rotatable bonds is 7. The number of nitrogens with one attached hydrogen (secondary N) is 1. The Balaban J connectivity index is 1.37. The number of hydrogen-bond acceptors (Lipinski definition) is 5. The fourth-order valence-electron chi connectivity index (χ4n) is 3.31. The van der Waals surface area contributed by atoms with Crippen molar-refractivity contribution in [2.24, 2.45) is 0 Å². The van der Waals surface area contributed by atoms with Crippen molar-refractivity contribution in [1.82, 2.24) is 25.1 Å². The number of aryl methyl sites for hydroxylation is 1. The molecule has 0 fully saturated rings. The van der Waals surface area contributed by atoms with E-state index in [0.29, 0.717) is 6.54 Å². The van der Waals surface area contributed by atoms with E-state index in [4.69, 9.17) is 0 Å². The van der Waals surface area contributed by atoms with Crippen LogP contribution in [-0.2, 0) is 24.3 Å². The van der Waals surface area contributed by atoms with Crippen LogP contribution in [0, 0.1) is 13.8 Å². The average Bonchev–Trinajstić information content (AvgIpc) is 3.32. The largest absolute Gasteiger partial charge is 0.352 e. The molecule has 1 N–H and O–H groups in total. The number of aromatic nitrogens is 4. The summed E-state index contributed by atoms with van der Waals surface area (Å²) in [4.78, 5) is 21.3. The zero-order valence-electron chi connectivity index (χ0n) is 17.0. The van der Waals surface area contributed by atoms with Gasteiger partial charge >= 0.3 is 0 Å². The third-order valence-electron chi connectivity index (χ3n) is 4.95. The van der Waals surface area contributed by atoms with Crippen molar-refractivity contribution in [3.63, 3.8) is 0 Å². The number of hydrogen-bond donors (Lipinski definition) is 1. The molecule has 0 aliphatic carbocycles. The monoisotopic (exact) mass is 417 g/mol. The molecule has 0 aliphatic rings. The highest BCUT2D eigenvalue weighted by molar-refractivity contribution is 7.13. The summed E-state index contributed by atoms with van der Waals surface area (Å²) in [5, 5.41) is 10.4. The van der Waals surface area contributed by atoms with Gasteiger partial charge in [-0.3, -0.25) is 14.5 Å². The number of amides is 1. The molecule has 7 heteroatoms. The van der Waals surface area contributed by atoms with E-state index in [0.717, 1.165) is 39.9 Å². The number of pyridine rings is 1. The van der Waals surface area contributed by atoms with Crippen molar-refractivity contribution < 1.29 is 4.79 Å². The minimum Gasteiger partial charge on any atom is -0.352 e. The summed E-state index contributed by atoms with van der Waals surface area (Å²) in [5.41, 5.74) is 5.85. The SMILES string of the molecule is Cc1nn(Cc2ccccc2)c(C)c1CNC(=O)Cc1csc(-c2ccccn2)n1. The number of carbonyl (C=O) groups excluding carboxylic acids is 1. The summed E-state index contributed by atoms with van der Waals surface area (Å²) < 4.78 is 1.99. The number of nitrogens with zero attached hydrogens (tertiary/aromatic N) is 4. The molecule has 0 spiro atoms. The molecule has 30 heavy (non-hydrogen) atoms. The van der Waals surface area contributed by atoms with E-state index in [1.54, 1.807) is 6.20 Å². The number of benzene rings is 1. The highest BCUT2D eigenvalue weighted by atomic mass is 32.1. The van der Waals surface area contributed by atoms with Crippen LogP contribution in [0.2, 0.25) is 0 Å². The molecule has 0 bridgehead atoms. The van der Waals surface area contributed by atoms with Crippen LogP contribution in [-0.4, -0.2) is 25.7 Å². The topological polar surface area (TPSA) is 72.7 Å². The maximum absolute atomic E-state index is 12.5. The van der Waals surface area contributed by atoms with Crippen LogP contribution < -0.4 is 5.32 Å². The van der Waals surface area contributed by atoms with Crippen LogP contribution in [0.3, 0.4) is 0 Å². The van der Waals surface area contributed by atoms with E-state index in [-0.39, 0.29) is 12.3 Å². The minimum atomic E-state index is -0.0533. The van der Waals surface area contributed by atoms with Crippen molar-refractivity contribution >= 4 is 17.2 Å². The van der Waals surface area contributed by atoms with Gasteiger partial charge in [-0.2, -0.15) is 5.10 Å². The predicted molar refractivity (Wildman–Crippen MR) is 118 cm³/mol. The Morgan fingerprint density at radius 1 is 1.10 bits per heavy atom. The second-order valence-corrected chi connectivity index (χ2v) is 7.96. The zero-order valence-corrected chi connectivity index (χ0v) is 17.8. The van der Waals surface area contributed by atoms with Crippen molar-refractivity contribution in [3.05, 3.63) is 88.3 Å². The summed E-state index contributed by atoms with van der Waals surface area (Å²) in [5.74, 6) is -0.0533. The van der Waals surface area contributed by atoms with Gasteiger partial charge < -0.3 is 5.32 Å². The Morgan fingerprint density at radius 3 is 2.67 bits per heavy atom. The van der Waals surface area contributed by atoms with E-state index in [1.807, 2.05) is 60.3 Å². The Kier molecular flexibility index (Phi) is 5.99. The Morgan fingerprint density at radius 2 is 1.90 bits per heavy atom. The molecular formula is C23H23N5OS. The molecule has 0 saturated carbocycles. The van der Waals surface area contributed by atoms with Gasteiger partial charge in [-0.25, -0.2) is 4.98 Å². The molecule has 4 aromatic rings. The van der Waals surface area contributed by atoms with Crippen LogP contribution in [0.1, 0.15) is 28.2 Å². The van der Waals surface area contributed by atoms with Crippen molar-refractivity contribution in [2.45, 2.75) is 33.4 Å². The van der Waals surface area contributed by atoms with Crippen LogP contribution in [0.4, 0.5) is 0 Å². The molecule has 0 saturated heterocycles. The van der Waals surface area contributed by atoms with E-state index < -0.39 is 0 Å². The summed E-state index contributed by atoms with van der Waals surface area (Å²) in [6, 6.07) is 16.0. The molecular weight excluding hydrogens is 394 g/mol. The van der Waals surface area contributed by atoms with Crippen LogP contribution in [0.25, 0.3) is 10.7 Å².